The van der Waals surface area contributed by atoms with Crippen molar-refractivity contribution in [3.8, 4) is 0 Å². The van der Waals surface area contributed by atoms with Gasteiger partial charge in [0, 0.05) is 28.1 Å². The summed E-state index contributed by atoms with van der Waals surface area (Å²) in [6.45, 7) is 2.28. The minimum atomic E-state index is -0.130. The van der Waals surface area contributed by atoms with Gasteiger partial charge in [0.25, 0.3) is 0 Å². The molecule has 1 saturated carbocycles. The van der Waals surface area contributed by atoms with E-state index in [2.05, 4.69) is 44.4 Å². The molecule has 0 saturated heterocycles. The quantitative estimate of drug-likeness (QED) is 0.532. The van der Waals surface area contributed by atoms with E-state index in [4.69, 9.17) is 9.73 Å². The second kappa shape index (κ2) is 8.91. The number of benzene rings is 1. The zero-order valence-corrected chi connectivity index (χ0v) is 18.5. The van der Waals surface area contributed by atoms with E-state index in [0.717, 1.165) is 38.6 Å². The lowest BCUT2D eigenvalue weighted by atomic mass is 10.2. The number of carbonyl (C=O) groups excluding carboxylic acids is 1. The third kappa shape index (κ3) is 4.57. The first-order valence-corrected chi connectivity index (χ1v) is 11.9. The van der Waals surface area contributed by atoms with Crippen molar-refractivity contribution in [1.82, 2.24) is 4.98 Å². The van der Waals surface area contributed by atoms with Crippen LogP contribution in [-0.4, -0.2) is 40.4 Å². The van der Waals surface area contributed by atoms with Crippen LogP contribution in [0.25, 0.3) is 10.9 Å². The van der Waals surface area contributed by atoms with Crippen LogP contribution in [0.5, 0.6) is 0 Å². The monoisotopic (exact) mass is 463 g/mol. The van der Waals surface area contributed by atoms with Crippen LogP contribution in [-0.2, 0) is 9.53 Å². The van der Waals surface area contributed by atoms with Crippen molar-refractivity contribution in [2.45, 2.75) is 57.5 Å². The number of fused-ring (bicyclic) bond motifs is 1. The summed E-state index contributed by atoms with van der Waals surface area (Å²) in [7, 11) is 0. The Morgan fingerprint density at radius 1 is 1.36 bits per heavy atom. The Bertz CT molecular complexity index is 889. The van der Waals surface area contributed by atoms with Gasteiger partial charge in [-0.3, -0.25) is 9.79 Å². The molecule has 0 amide bonds. The summed E-state index contributed by atoms with van der Waals surface area (Å²) in [5, 5.41) is 5.94. The molecule has 5 nitrogen and oxygen atoms in total. The first-order valence-electron chi connectivity index (χ1n) is 10.1. The van der Waals surface area contributed by atoms with Crippen LogP contribution in [0.2, 0.25) is 0 Å². The van der Waals surface area contributed by atoms with Gasteiger partial charge in [-0.25, -0.2) is 0 Å². The number of carbonyl (C=O) groups is 1. The zero-order chi connectivity index (χ0) is 19.5. The summed E-state index contributed by atoms with van der Waals surface area (Å²) in [5.74, 6) is 0.787. The van der Waals surface area contributed by atoms with Crippen molar-refractivity contribution in [1.29, 1.82) is 0 Å². The standard InChI is InChI=1S/C21H26BrN3O2S/c1-2-27-19(26)8-7-16-12-28-21(24-16)18-10-13-9-14(22)11-17(20(13)25-18)23-15-5-3-4-6-15/h9-11,15-16,23,25H,2-8,12H2,1H3/t16-/m1/s1. The van der Waals surface area contributed by atoms with Gasteiger partial charge in [0.05, 0.1) is 29.5 Å². The van der Waals surface area contributed by atoms with Crippen molar-refractivity contribution < 1.29 is 9.53 Å². The number of nitrogens with zero attached hydrogens (tertiary/aromatic N) is 1. The minimum absolute atomic E-state index is 0.130. The van der Waals surface area contributed by atoms with E-state index >= 15 is 0 Å². The van der Waals surface area contributed by atoms with Gasteiger partial charge in [-0.1, -0.05) is 28.8 Å². The van der Waals surface area contributed by atoms with Crippen LogP contribution >= 0.6 is 27.7 Å². The second-order valence-corrected chi connectivity index (χ2v) is 9.39. The molecule has 0 unspecified atom stereocenters. The molecule has 0 bridgehead atoms. The predicted molar refractivity (Wildman–Crippen MR) is 121 cm³/mol. The number of H-pyrrole nitrogens is 1. The Morgan fingerprint density at radius 3 is 2.96 bits per heavy atom. The summed E-state index contributed by atoms with van der Waals surface area (Å²) < 4.78 is 6.10. The number of hydrogen-bond donors (Lipinski definition) is 2. The fourth-order valence-electron chi connectivity index (χ4n) is 3.95. The predicted octanol–water partition coefficient (Wildman–Crippen LogP) is 5.49. The molecule has 2 N–H and O–H groups in total. The van der Waals surface area contributed by atoms with Gasteiger partial charge in [-0.05, 0) is 44.4 Å². The number of hydrogen-bond acceptors (Lipinski definition) is 5. The number of thioether (sulfide) groups is 1. The number of halogens is 1. The molecule has 4 rings (SSSR count). The van der Waals surface area contributed by atoms with Crippen LogP contribution < -0.4 is 5.32 Å². The van der Waals surface area contributed by atoms with Crippen molar-refractivity contribution in [3.63, 3.8) is 0 Å². The number of aliphatic imine (C=N–C) groups is 1. The molecule has 150 valence electrons. The normalized spacial score (nSPS) is 19.9. The Hall–Kier alpha value is -1.47. The van der Waals surface area contributed by atoms with Crippen molar-refractivity contribution in [2.75, 3.05) is 17.7 Å². The number of nitrogens with one attached hydrogen (secondary N) is 2. The molecule has 0 radical (unpaired) electrons. The summed E-state index contributed by atoms with van der Waals surface area (Å²) in [4.78, 5) is 20.0. The van der Waals surface area contributed by atoms with E-state index in [1.807, 2.05) is 6.92 Å². The van der Waals surface area contributed by atoms with E-state index in [1.54, 1.807) is 11.8 Å². The van der Waals surface area contributed by atoms with Gasteiger partial charge in [0.1, 0.15) is 5.04 Å². The molecule has 7 heteroatoms. The molecule has 2 aliphatic rings. The van der Waals surface area contributed by atoms with Crippen LogP contribution in [0.4, 0.5) is 5.69 Å². The highest BCUT2D eigenvalue weighted by Gasteiger charge is 2.23. The zero-order valence-electron chi connectivity index (χ0n) is 16.1. The smallest absolute Gasteiger partial charge is 0.305 e. The van der Waals surface area contributed by atoms with E-state index in [1.165, 1.54) is 31.1 Å². The fraction of sp³-hybridized carbons (Fsp3) is 0.524. The van der Waals surface area contributed by atoms with Gasteiger partial charge in [0.15, 0.2) is 0 Å². The molecule has 28 heavy (non-hydrogen) atoms. The molecule has 0 spiro atoms. The van der Waals surface area contributed by atoms with Gasteiger partial charge in [-0.15, -0.1) is 11.8 Å². The van der Waals surface area contributed by atoms with E-state index in [0.29, 0.717) is 19.1 Å². The van der Waals surface area contributed by atoms with Crippen molar-refractivity contribution in [2.24, 2.45) is 4.99 Å². The van der Waals surface area contributed by atoms with E-state index in [-0.39, 0.29) is 12.0 Å². The molecular weight excluding hydrogens is 438 g/mol. The third-order valence-electron chi connectivity index (χ3n) is 5.34. The highest BCUT2D eigenvalue weighted by atomic mass is 79.9. The highest BCUT2D eigenvalue weighted by Crippen LogP contribution is 2.34. The van der Waals surface area contributed by atoms with Gasteiger partial charge in [0.2, 0.25) is 0 Å². The summed E-state index contributed by atoms with van der Waals surface area (Å²) in [6, 6.07) is 7.23. The van der Waals surface area contributed by atoms with Crippen LogP contribution in [0.15, 0.2) is 27.7 Å². The number of esters is 1. The Labute approximate surface area is 178 Å². The molecule has 1 aromatic heterocycles. The first kappa shape index (κ1) is 19.8. The Morgan fingerprint density at radius 2 is 2.18 bits per heavy atom. The van der Waals surface area contributed by atoms with Crippen LogP contribution in [0.1, 0.15) is 51.1 Å². The molecular formula is C21H26BrN3O2S. The summed E-state index contributed by atoms with van der Waals surface area (Å²) in [5.41, 5.74) is 3.36. The number of aromatic amines is 1. The molecule has 1 aliphatic heterocycles. The lowest BCUT2D eigenvalue weighted by Crippen LogP contribution is -2.14. The maximum atomic E-state index is 11.6. The molecule has 1 aromatic carbocycles. The second-order valence-electron chi connectivity index (χ2n) is 7.47. The lowest BCUT2D eigenvalue weighted by molar-refractivity contribution is -0.143. The molecule has 1 aliphatic carbocycles. The number of rotatable bonds is 7. The SMILES string of the molecule is CCOC(=O)CC[C@@H]1CSC(c2cc3cc(Br)cc(NC4CCCC4)c3[nH]2)=N1. The van der Waals surface area contributed by atoms with Crippen LogP contribution in [0, 0.1) is 0 Å². The number of aromatic nitrogens is 1. The first-order chi connectivity index (χ1) is 13.6. The van der Waals surface area contributed by atoms with E-state index < -0.39 is 0 Å². The maximum absolute atomic E-state index is 11.6. The largest absolute Gasteiger partial charge is 0.466 e. The number of anilines is 1. The average Bonchev–Trinajstić information content (AvgIpc) is 3.40. The lowest BCUT2D eigenvalue weighted by Gasteiger charge is -2.14. The Kier molecular flexibility index (Phi) is 6.31. The van der Waals surface area contributed by atoms with E-state index in [9.17, 15) is 4.79 Å². The number of ether oxygens (including phenoxy) is 1. The topological polar surface area (TPSA) is 66.5 Å². The highest BCUT2D eigenvalue weighted by molar-refractivity contribution is 9.10. The molecule has 2 aromatic rings. The van der Waals surface area contributed by atoms with Gasteiger partial charge < -0.3 is 15.0 Å². The average molecular weight is 464 g/mol. The molecule has 2 heterocycles. The molecule has 1 atom stereocenters. The fourth-order valence-corrected chi connectivity index (χ4v) is 5.51. The molecule has 1 fully saturated rings. The third-order valence-corrected chi connectivity index (χ3v) is 6.95. The van der Waals surface area contributed by atoms with Crippen LogP contribution in [0.3, 0.4) is 0 Å². The van der Waals surface area contributed by atoms with Gasteiger partial charge >= 0.3 is 5.97 Å². The maximum Gasteiger partial charge on any atom is 0.305 e. The Balaban J connectivity index is 1.51. The van der Waals surface area contributed by atoms with Crippen molar-refractivity contribution in [3.05, 3.63) is 28.4 Å². The summed E-state index contributed by atoms with van der Waals surface area (Å²) >= 11 is 5.41. The summed E-state index contributed by atoms with van der Waals surface area (Å²) in [6.07, 6.45) is 6.29. The van der Waals surface area contributed by atoms with Gasteiger partial charge in [-0.2, -0.15) is 0 Å². The minimum Gasteiger partial charge on any atom is -0.466 e. The van der Waals surface area contributed by atoms with Crippen molar-refractivity contribution >= 4 is 55.3 Å².